The first-order valence-corrected chi connectivity index (χ1v) is 6.77. The summed E-state index contributed by atoms with van der Waals surface area (Å²) >= 11 is 0. The molecule has 1 aromatic heterocycles. The molecule has 1 unspecified atom stereocenters. The molecule has 2 aromatic rings. The molecule has 0 aliphatic rings. The lowest BCUT2D eigenvalue weighted by atomic mass is 10.1. The maximum Gasteiger partial charge on any atom is 0.123 e. The molecule has 0 aliphatic heterocycles. The van der Waals surface area contributed by atoms with Gasteiger partial charge in [-0.1, -0.05) is 0 Å². The lowest BCUT2D eigenvalue weighted by Gasteiger charge is -2.15. The normalized spacial score (nSPS) is 12.3. The fraction of sp³-hybridized carbons (Fsp3) is 0.375. The van der Waals surface area contributed by atoms with E-state index < -0.39 is 0 Å². The molecule has 1 N–H and O–H groups in total. The molecule has 1 aromatic carbocycles. The van der Waals surface area contributed by atoms with Crippen LogP contribution in [-0.2, 0) is 13.0 Å². The number of halogens is 1. The molecule has 0 amide bonds. The monoisotopic (exact) mass is 277 g/mol. The van der Waals surface area contributed by atoms with Crippen LogP contribution in [0, 0.1) is 5.82 Å². The van der Waals surface area contributed by atoms with E-state index >= 15 is 0 Å². The molecule has 20 heavy (non-hydrogen) atoms. The smallest absolute Gasteiger partial charge is 0.123 e. The molecule has 1 atom stereocenters. The molecule has 0 bridgehead atoms. The molecule has 0 fully saturated rings. The van der Waals surface area contributed by atoms with E-state index in [9.17, 15) is 4.39 Å². The Bertz CT molecular complexity index is 525. The van der Waals surface area contributed by atoms with Gasteiger partial charge in [-0.2, -0.15) is 0 Å². The molecule has 3 nitrogen and oxygen atoms in total. The topological polar surface area (TPSA) is 34.4 Å². The lowest BCUT2D eigenvalue weighted by Crippen LogP contribution is -2.26. The van der Waals surface area contributed by atoms with Crippen molar-refractivity contribution in [2.24, 2.45) is 0 Å². The summed E-state index contributed by atoms with van der Waals surface area (Å²) in [5, 5.41) is 3.37. The minimum atomic E-state index is -0.245. The van der Waals surface area contributed by atoms with Crippen LogP contribution in [0.4, 0.5) is 4.39 Å². The van der Waals surface area contributed by atoms with Gasteiger partial charge in [-0.05, 0) is 43.7 Å². The Morgan fingerprint density at radius 1 is 1.35 bits per heavy atom. The van der Waals surface area contributed by atoms with E-state index in [0.717, 1.165) is 24.2 Å². The van der Waals surface area contributed by atoms with Gasteiger partial charge in [0.25, 0.3) is 0 Å². The highest BCUT2D eigenvalue weighted by molar-refractivity contribution is 5.33. The van der Waals surface area contributed by atoms with E-state index in [0.29, 0.717) is 18.3 Å². The van der Waals surface area contributed by atoms with Crippen molar-refractivity contribution in [2.45, 2.75) is 32.4 Å². The maximum atomic E-state index is 13.2. The van der Waals surface area contributed by atoms with Gasteiger partial charge in [-0.15, -0.1) is 0 Å². The van der Waals surface area contributed by atoms with Crippen molar-refractivity contribution in [1.29, 1.82) is 0 Å². The SMILES string of the molecule is COc1ccc(F)cc1CNC(C)CCc1ccco1. The van der Waals surface area contributed by atoms with Gasteiger partial charge in [0.05, 0.1) is 13.4 Å². The Morgan fingerprint density at radius 2 is 2.20 bits per heavy atom. The second-order valence-corrected chi connectivity index (χ2v) is 4.86. The number of rotatable bonds is 7. The van der Waals surface area contributed by atoms with Crippen LogP contribution in [0.5, 0.6) is 5.75 Å². The quantitative estimate of drug-likeness (QED) is 0.840. The van der Waals surface area contributed by atoms with Crippen LogP contribution in [0.2, 0.25) is 0 Å². The second-order valence-electron chi connectivity index (χ2n) is 4.86. The van der Waals surface area contributed by atoms with Gasteiger partial charge in [0, 0.05) is 24.6 Å². The molecular formula is C16H20FNO2. The highest BCUT2D eigenvalue weighted by atomic mass is 19.1. The average molecular weight is 277 g/mol. The first-order valence-electron chi connectivity index (χ1n) is 6.77. The highest BCUT2D eigenvalue weighted by Crippen LogP contribution is 2.19. The summed E-state index contributed by atoms with van der Waals surface area (Å²) in [5.74, 6) is 1.45. The third-order valence-electron chi connectivity index (χ3n) is 3.29. The van der Waals surface area contributed by atoms with Gasteiger partial charge in [0.2, 0.25) is 0 Å². The van der Waals surface area contributed by atoms with Crippen LogP contribution < -0.4 is 10.1 Å². The van der Waals surface area contributed by atoms with Crippen molar-refractivity contribution >= 4 is 0 Å². The van der Waals surface area contributed by atoms with Crippen LogP contribution in [0.15, 0.2) is 41.0 Å². The number of nitrogens with one attached hydrogen (secondary N) is 1. The Kier molecular flexibility index (Phi) is 5.18. The first-order chi connectivity index (χ1) is 9.69. The van der Waals surface area contributed by atoms with Crippen molar-refractivity contribution in [3.05, 3.63) is 53.7 Å². The summed E-state index contributed by atoms with van der Waals surface area (Å²) in [5.41, 5.74) is 0.831. The van der Waals surface area contributed by atoms with Crippen molar-refractivity contribution in [3.8, 4) is 5.75 Å². The first kappa shape index (κ1) is 14.6. The zero-order valence-electron chi connectivity index (χ0n) is 11.9. The molecule has 0 aliphatic carbocycles. The number of furan rings is 1. The molecule has 4 heteroatoms. The molecule has 2 rings (SSSR count). The van der Waals surface area contributed by atoms with Gasteiger partial charge in [-0.3, -0.25) is 0 Å². The zero-order chi connectivity index (χ0) is 14.4. The minimum absolute atomic E-state index is 0.245. The fourth-order valence-corrected chi connectivity index (χ4v) is 2.09. The number of hydrogen-bond acceptors (Lipinski definition) is 3. The van der Waals surface area contributed by atoms with Crippen molar-refractivity contribution in [2.75, 3.05) is 7.11 Å². The Hall–Kier alpha value is -1.81. The molecule has 0 radical (unpaired) electrons. The van der Waals surface area contributed by atoms with Gasteiger partial charge in [-0.25, -0.2) is 4.39 Å². The number of methoxy groups -OCH3 is 1. The van der Waals surface area contributed by atoms with E-state index in [1.165, 1.54) is 12.1 Å². The zero-order valence-corrected chi connectivity index (χ0v) is 11.9. The van der Waals surface area contributed by atoms with Gasteiger partial charge >= 0.3 is 0 Å². The highest BCUT2D eigenvalue weighted by Gasteiger charge is 2.08. The third kappa shape index (κ3) is 4.10. The number of benzene rings is 1. The molecular weight excluding hydrogens is 257 g/mol. The number of aryl methyl sites for hydroxylation is 1. The minimum Gasteiger partial charge on any atom is -0.496 e. The van der Waals surface area contributed by atoms with Crippen molar-refractivity contribution < 1.29 is 13.5 Å². The van der Waals surface area contributed by atoms with E-state index in [1.807, 2.05) is 12.1 Å². The van der Waals surface area contributed by atoms with E-state index in [-0.39, 0.29) is 5.82 Å². The largest absolute Gasteiger partial charge is 0.496 e. The number of ether oxygens (including phenoxy) is 1. The van der Waals surface area contributed by atoms with Crippen molar-refractivity contribution in [1.82, 2.24) is 5.32 Å². The molecule has 0 spiro atoms. The van der Waals surface area contributed by atoms with E-state index in [1.54, 1.807) is 19.4 Å². The van der Waals surface area contributed by atoms with Crippen LogP contribution in [-0.4, -0.2) is 13.2 Å². The number of hydrogen-bond donors (Lipinski definition) is 1. The second kappa shape index (κ2) is 7.10. The Morgan fingerprint density at radius 3 is 2.90 bits per heavy atom. The maximum absolute atomic E-state index is 13.2. The van der Waals surface area contributed by atoms with Crippen LogP contribution in [0.1, 0.15) is 24.7 Å². The molecule has 0 saturated heterocycles. The summed E-state index contributed by atoms with van der Waals surface area (Å²) in [6, 6.07) is 8.74. The summed E-state index contributed by atoms with van der Waals surface area (Å²) in [7, 11) is 1.59. The standard InChI is InChI=1S/C16H20FNO2/c1-12(5-7-15-4-3-9-20-15)18-11-13-10-14(17)6-8-16(13)19-2/h3-4,6,8-10,12,18H,5,7,11H2,1-2H3. The lowest BCUT2D eigenvalue weighted by molar-refractivity contribution is 0.402. The third-order valence-corrected chi connectivity index (χ3v) is 3.29. The molecule has 0 saturated carbocycles. The Labute approximate surface area is 118 Å². The fourth-order valence-electron chi connectivity index (χ4n) is 2.09. The molecule has 1 heterocycles. The van der Waals surface area contributed by atoms with Crippen LogP contribution >= 0.6 is 0 Å². The Balaban J connectivity index is 1.83. The van der Waals surface area contributed by atoms with Gasteiger partial charge < -0.3 is 14.5 Å². The van der Waals surface area contributed by atoms with E-state index in [2.05, 4.69) is 12.2 Å². The predicted molar refractivity (Wildman–Crippen MR) is 76.3 cm³/mol. The van der Waals surface area contributed by atoms with E-state index in [4.69, 9.17) is 9.15 Å². The summed E-state index contributed by atoms with van der Waals surface area (Å²) < 4.78 is 23.8. The van der Waals surface area contributed by atoms with Crippen LogP contribution in [0.25, 0.3) is 0 Å². The summed E-state index contributed by atoms with van der Waals surface area (Å²) in [6.07, 6.45) is 3.54. The van der Waals surface area contributed by atoms with Gasteiger partial charge in [0.1, 0.15) is 17.3 Å². The van der Waals surface area contributed by atoms with Gasteiger partial charge in [0.15, 0.2) is 0 Å². The summed E-state index contributed by atoms with van der Waals surface area (Å²) in [4.78, 5) is 0. The summed E-state index contributed by atoms with van der Waals surface area (Å²) in [6.45, 7) is 2.69. The molecule has 108 valence electrons. The van der Waals surface area contributed by atoms with Crippen molar-refractivity contribution in [3.63, 3.8) is 0 Å². The van der Waals surface area contributed by atoms with Crippen LogP contribution in [0.3, 0.4) is 0 Å². The predicted octanol–water partition coefficient (Wildman–Crippen LogP) is 3.54. The average Bonchev–Trinajstić information content (AvgIpc) is 2.96.